The number of fused-ring (bicyclic) bond motifs is 5. The molecule has 0 aromatic rings. The van der Waals surface area contributed by atoms with Crippen LogP contribution in [0.5, 0.6) is 0 Å². The molecule has 0 amide bonds. The predicted octanol–water partition coefficient (Wildman–Crippen LogP) is 1.94. The van der Waals surface area contributed by atoms with Crippen LogP contribution in [0.25, 0.3) is 0 Å². The molecular formula is C13H19NO4. The summed E-state index contributed by atoms with van der Waals surface area (Å²) < 4.78 is 10.8. The van der Waals surface area contributed by atoms with Gasteiger partial charge in [0.15, 0.2) is 0 Å². The molecule has 3 aliphatic rings. The Hall–Kier alpha value is -1.07. The van der Waals surface area contributed by atoms with Crippen molar-refractivity contribution in [2.45, 2.75) is 32.5 Å². The van der Waals surface area contributed by atoms with Gasteiger partial charge in [0, 0.05) is 18.4 Å². The molecular weight excluding hydrogens is 234 g/mol. The minimum atomic E-state index is -0.647. The van der Waals surface area contributed by atoms with E-state index < -0.39 is 6.16 Å². The van der Waals surface area contributed by atoms with E-state index >= 15 is 0 Å². The van der Waals surface area contributed by atoms with Crippen LogP contribution < -0.4 is 0 Å². The van der Waals surface area contributed by atoms with E-state index in [1.165, 1.54) is 6.42 Å². The Kier molecular flexibility index (Phi) is 3.03. The number of rotatable bonds is 2. The molecule has 0 aromatic heterocycles. The average Bonchev–Trinajstić information content (AvgIpc) is 2.88. The summed E-state index contributed by atoms with van der Waals surface area (Å²) in [5.74, 6) is 1.58. The van der Waals surface area contributed by atoms with Crippen LogP contribution in [0.3, 0.4) is 0 Å². The number of ether oxygens (including phenoxy) is 2. The molecule has 100 valence electrons. The Morgan fingerprint density at radius 3 is 2.94 bits per heavy atom. The fourth-order valence-electron chi connectivity index (χ4n) is 3.21. The molecule has 2 bridgehead atoms. The molecule has 0 spiro atoms. The minimum Gasteiger partial charge on any atom is -0.430 e. The van der Waals surface area contributed by atoms with Gasteiger partial charge in [0.2, 0.25) is 0 Å². The lowest BCUT2D eigenvalue weighted by Crippen LogP contribution is -2.47. The van der Waals surface area contributed by atoms with E-state index in [0.29, 0.717) is 30.6 Å². The van der Waals surface area contributed by atoms with Gasteiger partial charge in [-0.25, -0.2) is 4.79 Å². The molecule has 5 nitrogen and oxygen atoms in total. The molecule has 0 aromatic carbocycles. The van der Waals surface area contributed by atoms with Gasteiger partial charge in [-0.15, -0.1) is 5.06 Å². The van der Waals surface area contributed by atoms with E-state index in [0.717, 1.165) is 6.54 Å². The zero-order chi connectivity index (χ0) is 12.7. The molecule has 18 heavy (non-hydrogen) atoms. The van der Waals surface area contributed by atoms with Crippen LogP contribution in [-0.4, -0.2) is 36.7 Å². The van der Waals surface area contributed by atoms with Crippen molar-refractivity contribution in [3.8, 4) is 0 Å². The van der Waals surface area contributed by atoms with Gasteiger partial charge in [-0.3, -0.25) is 0 Å². The van der Waals surface area contributed by atoms with Gasteiger partial charge in [0.1, 0.15) is 6.73 Å². The van der Waals surface area contributed by atoms with Crippen LogP contribution in [0.15, 0.2) is 12.2 Å². The van der Waals surface area contributed by atoms with Crippen LogP contribution in [-0.2, 0) is 14.3 Å². The molecule has 1 heterocycles. The first-order chi connectivity index (χ1) is 8.63. The first-order valence-electron chi connectivity index (χ1n) is 6.57. The fraction of sp³-hybridized carbons (Fsp3) is 0.769. The summed E-state index contributed by atoms with van der Waals surface area (Å²) in [5.41, 5.74) is 0. The molecule has 0 radical (unpaired) electrons. The lowest BCUT2D eigenvalue weighted by atomic mass is 9.90. The van der Waals surface area contributed by atoms with Crippen LogP contribution >= 0.6 is 0 Å². The fourth-order valence-corrected chi connectivity index (χ4v) is 3.21. The van der Waals surface area contributed by atoms with Crippen molar-refractivity contribution < 1.29 is 19.1 Å². The molecule has 4 unspecified atom stereocenters. The maximum atomic E-state index is 11.4. The molecule has 2 fully saturated rings. The van der Waals surface area contributed by atoms with E-state index in [9.17, 15) is 4.79 Å². The van der Waals surface area contributed by atoms with Crippen LogP contribution in [0.2, 0.25) is 0 Å². The number of hydrogen-bond acceptors (Lipinski definition) is 5. The Morgan fingerprint density at radius 2 is 2.17 bits per heavy atom. The van der Waals surface area contributed by atoms with E-state index in [1.807, 2.05) is 0 Å². The van der Waals surface area contributed by atoms with Crippen molar-refractivity contribution in [3.63, 3.8) is 0 Å². The number of nitrogens with zero attached hydrogens (tertiary/aromatic N) is 1. The normalized spacial score (nSPS) is 37.9. The second-order valence-corrected chi connectivity index (χ2v) is 5.54. The van der Waals surface area contributed by atoms with E-state index in [-0.39, 0.29) is 6.10 Å². The highest BCUT2D eigenvalue weighted by molar-refractivity contribution is 5.59. The molecule has 2 aliphatic carbocycles. The monoisotopic (exact) mass is 253 g/mol. The Morgan fingerprint density at radius 1 is 1.39 bits per heavy atom. The smallest absolute Gasteiger partial charge is 0.430 e. The standard InChI is InChI=1S/C13H19NO4/c1-8(2)17-13(15)18-14-6-11-9-3-4-10(5-9)12(11)16-7-14/h3-4,8-12H,5-7H2,1-2H3. The van der Waals surface area contributed by atoms with Crippen LogP contribution in [0.1, 0.15) is 20.3 Å². The van der Waals surface area contributed by atoms with E-state index in [1.54, 1.807) is 18.9 Å². The molecule has 1 saturated carbocycles. The van der Waals surface area contributed by atoms with Gasteiger partial charge in [0.05, 0.1) is 12.2 Å². The third kappa shape index (κ3) is 2.12. The minimum absolute atomic E-state index is 0.165. The number of allylic oxidation sites excluding steroid dienone is 1. The molecule has 3 rings (SSSR count). The zero-order valence-corrected chi connectivity index (χ0v) is 10.7. The summed E-state index contributed by atoms with van der Waals surface area (Å²) in [6, 6.07) is 0. The number of carbonyl (C=O) groups is 1. The summed E-state index contributed by atoms with van der Waals surface area (Å²) in [6.45, 7) is 4.67. The Labute approximate surface area is 107 Å². The summed E-state index contributed by atoms with van der Waals surface area (Å²) in [5, 5.41) is 1.57. The number of hydroxylamine groups is 2. The van der Waals surface area contributed by atoms with Gasteiger partial charge in [-0.05, 0) is 26.2 Å². The Balaban J connectivity index is 1.55. The third-order valence-corrected chi connectivity index (χ3v) is 3.90. The SMILES string of the molecule is CC(C)OC(=O)ON1COC2C3C=CC(C3)C2C1. The molecule has 0 N–H and O–H groups in total. The summed E-state index contributed by atoms with van der Waals surface area (Å²) in [6.07, 6.45) is 5.20. The van der Waals surface area contributed by atoms with Gasteiger partial charge in [0.25, 0.3) is 0 Å². The maximum absolute atomic E-state index is 11.4. The van der Waals surface area contributed by atoms with Crippen molar-refractivity contribution in [2.75, 3.05) is 13.3 Å². The lowest BCUT2D eigenvalue weighted by molar-refractivity contribution is -0.238. The van der Waals surface area contributed by atoms with Crippen molar-refractivity contribution in [1.82, 2.24) is 5.06 Å². The molecule has 4 atom stereocenters. The van der Waals surface area contributed by atoms with Gasteiger partial charge in [-0.2, -0.15) is 0 Å². The van der Waals surface area contributed by atoms with Crippen molar-refractivity contribution in [2.24, 2.45) is 17.8 Å². The van der Waals surface area contributed by atoms with Gasteiger partial charge < -0.3 is 14.3 Å². The predicted molar refractivity (Wildman–Crippen MR) is 63.4 cm³/mol. The summed E-state index contributed by atoms with van der Waals surface area (Å²) in [7, 11) is 0. The highest BCUT2D eigenvalue weighted by Crippen LogP contribution is 2.47. The van der Waals surface area contributed by atoms with Gasteiger partial charge in [-0.1, -0.05) is 12.2 Å². The maximum Gasteiger partial charge on any atom is 0.528 e. The second-order valence-electron chi connectivity index (χ2n) is 5.54. The zero-order valence-electron chi connectivity index (χ0n) is 10.7. The van der Waals surface area contributed by atoms with E-state index in [2.05, 4.69) is 12.2 Å². The quantitative estimate of drug-likeness (QED) is 0.556. The van der Waals surface area contributed by atoms with Crippen molar-refractivity contribution >= 4 is 6.16 Å². The average molecular weight is 253 g/mol. The lowest BCUT2D eigenvalue weighted by Gasteiger charge is -2.37. The van der Waals surface area contributed by atoms with Crippen molar-refractivity contribution in [1.29, 1.82) is 0 Å². The molecule has 5 heteroatoms. The highest BCUT2D eigenvalue weighted by atomic mass is 16.8. The second kappa shape index (κ2) is 4.55. The topological polar surface area (TPSA) is 48.0 Å². The van der Waals surface area contributed by atoms with Crippen LogP contribution in [0.4, 0.5) is 4.79 Å². The van der Waals surface area contributed by atoms with E-state index in [4.69, 9.17) is 14.3 Å². The van der Waals surface area contributed by atoms with Crippen LogP contribution in [0, 0.1) is 17.8 Å². The first-order valence-corrected chi connectivity index (χ1v) is 6.57. The third-order valence-electron chi connectivity index (χ3n) is 3.90. The highest BCUT2D eigenvalue weighted by Gasteiger charge is 2.48. The van der Waals surface area contributed by atoms with Gasteiger partial charge >= 0.3 is 6.16 Å². The van der Waals surface area contributed by atoms with Crippen molar-refractivity contribution in [3.05, 3.63) is 12.2 Å². The first kappa shape index (κ1) is 12.0. The summed E-state index contributed by atoms with van der Waals surface area (Å²) in [4.78, 5) is 16.6. The number of hydrogen-bond donors (Lipinski definition) is 0. The molecule has 1 aliphatic heterocycles. The Bertz CT molecular complexity index is 368. The largest absolute Gasteiger partial charge is 0.528 e. The molecule has 1 saturated heterocycles. The number of carbonyl (C=O) groups excluding carboxylic acids is 1. The summed E-state index contributed by atoms with van der Waals surface area (Å²) >= 11 is 0.